The molecule has 1 rings (SSSR count). The number of hydrogen-bond acceptors (Lipinski definition) is 3. The lowest BCUT2D eigenvalue weighted by Crippen LogP contribution is -2.05. The van der Waals surface area contributed by atoms with E-state index in [1.165, 1.54) is 24.3 Å². The molecule has 4 nitrogen and oxygen atoms in total. The van der Waals surface area contributed by atoms with E-state index in [1.54, 1.807) is 12.2 Å². The Kier molecular flexibility index (Phi) is 6.05. The number of carboxylic acid groups (broad SMARTS) is 1. The summed E-state index contributed by atoms with van der Waals surface area (Å²) in [6, 6.07) is 6.03. The van der Waals surface area contributed by atoms with E-state index in [1.807, 2.05) is 0 Å². The van der Waals surface area contributed by atoms with Crippen LogP contribution in [0.25, 0.3) is 0 Å². The molecule has 1 aromatic rings. The van der Waals surface area contributed by atoms with Crippen molar-refractivity contribution >= 4 is 27.4 Å². The quantitative estimate of drug-likeness (QED) is 0.786. The highest BCUT2D eigenvalue weighted by molar-refractivity contribution is 7.91. The lowest BCUT2D eigenvalue weighted by molar-refractivity contribution is -0.136. The second-order valence-corrected chi connectivity index (χ2v) is 6.51. The number of hydrogen-bond donors (Lipinski definition) is 1. The summed E-state index contributed by atoms with van der Waals surface area (Å²) in [7, 11) is -3.31. The van der Waals surface area contributed by atoms with Crippen molar-refractivity contribution in [3.63, 3.8) is 0 Å². The predicted molar refractivity (Wildman–Crippen MR) is 74.1 cm³/mol. The summed E-state index contributed by atoms with van der Waals surface area (Å²) < 4.78 is 23.8. The fourth-order valence-corrected chi connectivity index (χ4v) is 2.78. The van der Waals surface area contributed by atoms with Crippen LogP contribution in [-0.2, 0) is 14.6 Å². The summed E-state index contributed by atoms with van der Waals surface area (Å²) in [6.45, 7) is 0. The number of sulfone groups is 1. The molecule has 1 N–H and O–H groups in total. The van der Waals surface area contributed by atoms with Gasteiger partial charge in [0.2, 0.25) is 0 Å². The summed E-state index contributed by atoms with van der Waals surface area (Å²) in [5.41, 5.74) is 0. The zero-order chi connectivity index (χ0) is 14.3. The van der Waals surface area contributed by atoms with Gasteiger partial charge < -0.3 is 5.11 Å². The van der Waals surface area contributed by atoms with E-state index in [2.05, 4.69) is 0 Å². The van der Waals surface area contributed by atoms with Gasteiger partial charge in [0.15, 0.2) is 9.84 Å². The van der Waals surface area contributed by atoms with Gasteiger partial charge in [-0.15, -0.1) is 0 Å². The van der Waals surface area contributed by atoms with Crippen LogP contribution in [0.4, 0.5) is 0 Å². The number of carbonyl (C=O) groups is 1. The van der Waals surface area contributed by atoms with Crippen molar-refractivity contribution in [3.05, 3.63) is 41.4 Å². The maximum absolute atomic E-state index is 11.9. The first-order chi connectivity index (χ1) is 8.92. The van der Waals surface area contributed by atoms with Crippen LogP contribution < -0.4 is 0 Å². The Morgan fingerprint density at radius 1 is 1.16 bits per heavy atom. The fraction of sp³-hybridized carbons (Fsp3) is 0.308. The summed E-state index contributed by atoms with van der Waals surface area (Å²) in [6.07, 6.45) is 4.21. The molecular weight excluding hydrogens is 288 g/mol. The van der Waals surface area contributed by atoms with Crippen molar-refractivity contribution < 1.29 is 18.3 Å². The molecule has 0 atom stereocenters. The van der Waals surface area contributed by atoms with Gasteiger partial charge in [0.05, 0.1) is 10.6 Å². The van der Waals surface area contributed by atoms with Gasteiger partial charge in [0, 0.05) is 11.4 Å². The molecule has 0 aliphatic carbocycles. The van der Waals surface area contributed by atoms with Crippen LogP contribution in [0.3, 0.4) is 0 Å². The van der Waals surface area contributed by atoms with Crippen LogP contribution in [0.2, 0.25) is 5.02 Å². The summed E-state index contributed by atoms with van der Waals surface area (Å²) >= 11 is 5.69. The van der Waals surface area contributed by atoms with Crippen LogP contribution in [0.15, 0.2) is 41.3 Å². The molecule has 19 heavy (non-hydrogen) atoms. The lowest BCUT2D eigenvalue weighted by Gasteiger charge is -2.02. The molecule has 0 radical (unpaired) electrons. The first-order valence-corrected chi connectivity index (χ1v) is 7.80. The Bertz CT molecular complexity index is 547. The Balaban J connectivity index is 2.47. The zero-order valence-electron chi connectivity index (χ0n) is 10.3. The highest BCUT2D eigenvalue weighted by Gasteiger charge is 2.12. The molecule has 0 spiro atoms. The van der Waals surface area contributed by atoms with Crippen molar-refractivity contribution in [1.29, 1.82) is 0 Å². The van der Waals surface area contributed by atoms with Gasteiger partial charge >= 0.3 is 5.97 Å². The maximum atomic E-state index is 11.9. The molecule has 104 valence electrons. The average molecular weight is 303 g/mol. The molecular formula is C13H15ClO4S. The molecule has 0 bridgehead atoms. The van der Waals surface area contributed by atoms with E-state index in [0.717, 1.165) is 0 Å². The topological polar surface area (TPSA) is 71.4 Å². The number of carboxylic acids is 1. The van der Waals surface area contributed by atoms with Crippen LogP contribution in [0, 0.1) is 0 Å². The number of benzene rings is 1. The molecule has 0 saturated heterocycles. The van der Waals surface area contributed by atoms with Gasteiger partial charge in [-0.2, -0.15) is 0 Å². The number of rotatable bonds is 7. The van der Waals surface area contributed by atoms with Gasteiger partial charge in [-0.1, -0.05) is 23.8 Å². The van der Waals surface area contributed by atoms with Crippen molar-refractivity contribution in [1.82, 2.24) is 0 Å². The fourth-order valence-electron chi connectivity index (χ4n) is 1.43. The second kappa shape index (κ2) is 7.31. The second-order valence-electron chi connectivity index (χ2n) is 3.97. The van der Waals surface area contributed by atoms with E-state index in [9.17, 15) is 13.2 Å². The third kappa shape index (κ3) is 5.89. The minimum Gasteiger partial charge on any atom is -0.481 e. The molecule has 6 heteroatoms. The minimum absolute atomic E-state index is 0.00178. The average Bonchev–Trinajstić information content (AvgIpc) is 2.34. The Morgan fingerprint density at radius 3 is 2.32 bits per heavy atom. The third-order valence-electron chi connectivity index (χ3n) is 2.42. The van der Waals surface area contributed by atoms with Gasteiger partial charge in [-0.3, -0.25) is 4.79 Å². The predicted octanol–water partition coefficient (Wildman–Crippen LogP) is 2.92. The first-order valence-electron chi connectivity index (χ1n) is 5.77. The van der Waals surface area contributed by atoms with Gasteiger partial charge in [0.25, 0.3) is 0 Å². The van der Waals surface area contributed by atoms with E-state index in [4.69, 9.17) is 16.7 Å². The normalized spacial score (nSPS) is 11.8. The van der Waals surface area contributed by atoms with Crippen LogP contribution >= 0.6 is 11.6 Å². The minimum atomic E-state index is -3.31. The van der Waals surface area contributed by atoms with E-state index in [0.29, 0.717) is 17.9 Å². The summed E-state index contributed by atoms with van der Waals surface area (Å²) in [5, 5.41) is 8.92. The molecule has 0 fully saturated rings. The Hall–Kier alpha value is -1.33. The molecule has 0 unspecified atom stereocenters. The monoisotopic (exact) mass is 302 g/mol. The smallest absolute Gasteiger partial charge is 0.303 e. The number of allylic oxidation sites excluding steroid dienone is 2. The highest BCUT2D eigenvalue weighted by Crippen LogP contribution is 2.16. The molecule has 0 aliphatic rings. The molecule has 0 aromatic heterocycles. The van der Waals surface area contributed by atoms with Gasteiger partial charge in [-0.05, 0) is 37.1 Å². The number of halogens is 1. The van der Waals surface area contributed by atoms with Gasteiger partial charge in [-0.25, -0.2) is 8.42 Å². The standard InChI is InChI=1S/C13H15ClO4S/c14-11-6-8-12(9-7-11)19(17,18)10-4-2-1-3-5-13(15)16/h1-2,6-9H,3-5,10H2,(H,15,16)/b2-1+. The lowest BCUT2D eigenvalue weighted by atomic mass is 10.3. The summed E-state index contributed by atoms with van der Waals surface area (Å²) in [4.78, 5) is 10.5. The van der Waals surface area contributed by atoms with Gasteiger partial charge in [0.1, 0.15) is 0 Å². The van der Waals surface area contributed by atoms with Crippen molar-refractivity contribution in [2.45, 2.75) is 24.2 Å². The Labute approximate surface area is 117 Å². The van der Waals surface area contributed by atoms with Crippen LogP contribution in [0.5, 0.6) is 0 Å². The Morgan fingerprint density at radius 2 is 1.74 bits per heavy atom. The number of aliphatic carboxylic acids is 1. The largest absolute Gasteiger partial charge is 0.481 e. The molecule has 0 heterocycles. The van der Waals surface area contributed by atoms with Crippen LogP contribution in [0.1, 0.15) is 19.3 Å². The van der Waals surface area contributed by atoms with Crippen molar-refractivity contribution in [2.24, 2.45) is 0 Å². The van der Waals surface area contributed by atoms with Crippen molar-refractivity contribution in [2.75, 3.05) is 5.75 Å². The molecule has 0 amide bonds. The SMILES string of the molecule is O=C(O)CC/C=C/CCS(=O)(=O)c1ccc(Cl)cc1. The maximum Gasteiger partial charge on any atom is 0.303 e. The highest BCUT2D eigenvalue weighted by atomic mass is 35.5. The summed E-state index contributed by atoms with van der Waals surface area (Å²) in [5.74, 6) is -0.864. The van der Waals surface area contributed by atoms with E-state index >= 15 is 0 Å². The zero-order valence-corrected chi connectivity index (χ0v) is 11.8. The van der Waals surface area contributed by atoms with E-state index < -0.39 is 15.8 Å². The molecule has 0 saturated carbocycles. The van der Waals surface area contributed by atoms with Crippen LogP contribution in [-0.4, -0.2) is 25.2 Å². The first kappa shape index (κ1) is 15.7. The van der Waals surface area contributed by atoms with Crippen molar-refractivity contribution in [3.8, 4) is 0 Å². The molecule has 0 aliphatic heterocycles. The third-order valence-corrected chi connectivity index (χ3v) is 4.43. The van der Waals surface area contributed by atoms with E-state index in [-0.39, 0.29) is 17.1 Å². The molecule has 1 aromatic carbocycles.